The molecule has 0 saturated heterocycles. The molecule has 0 aliphatic heterocycles. The van der Waals surface area contributed by atoms with Gasteiger partial charge in [-0.3, -0.25) is 9.59 Å². The second-order valence-corrected chi connectivity index (χ2v) is 10.7. The number of hydrogen-bond acceptors (Lipinski definition) is 5. The molecule has 0 amide bonds. The number of methoxy groups -OCH3 is 2. The fourth-order valence-corrected chi connectivity index (χ4v) is 7.74. The van der Waals surface area contributed by atoms with E-state index < -0.39 is 11.9 Å². The molecule has 0 spiro atoms. The van der Waals surface area contributed by atoms with Crippen LogP contribution in [-0.4, -0.2) is 49.6 Å². The summed E-state index contributed by atoms with van der Waals surface area (Å²) in [6, 6.07) is 0. The van der Waals surface area contributed by atoms with Crippen LogP contribution in [0.5, 0.6) is 0 Å². The molecule has 4 aliphatic rings. The van der Waals surface area contributed by atoms with Gasteiger partial charge in [-0.05, 0) is 68.1 Å². The summed E-state index contributed by atoms with van der Waals surface area (Å²) in [4.78, 5) is 23.1. The molecule has 1 N–H and O–H groups in total. The molecular weight excluding hydrogens is 396 g/mol. The monoisotopic (exact) mass is 434 g/mol. The van der Waals surface area contributed by atoms with Gasteiger partial charge < -0.3 is 19.3 Å². The Hall–Kier alpha value is -1.40. The van der Waals surface area contributed by atoms with E-state index in [0.717, 1.165) is 32.1 Å². The number of carboxylic acids is 1. The van der Waals surface area contributed by atoms with Crippen molar-refractivity contribution in [1.29, 1.82) is 0 Å². The Morgan fingerprint density at radius 1 is 1.10 bits per heavy atom. The lowest BCUT2D eigenvalue weighted by Crippen LogP contribution is -2.51. The van der Waals surface area contributed by atoms with Gasteiger partial charge in [0.05, 0.1) is 25.0 Å². The van der Waals surface area contributed by atoms with Crippen LogP contribution >= 0.6 is 0 Å². The van der Waals surface area contributed by atoms with Crippen LogP contribution in [0.2, 0.25) is 0 Å². The van der Waals surface area contributed by atoms with Gasteiger partial charge in [0.1, 0.15) is 6.10 Å². The molecule has 3 saturated carbocycles. The number of carbonyl (C=O) groups is 2. The van der Waals surface area contributed by atoms with Crippen molar-refractivity contribution in [2.24, 2.45) is 28.6 Å². The highest BCUT2D eigenvalue weighted by molar-refractivity contribution is 5.76. The van der Waals surface area contributed by atoms with E-state index in [1.807, 2.05) is 7.11 Å². The van der Waals surface area contributed by atoms with Crippen molar-refractivity contribution in [3.63, 3.8) is 0 Å². The average molecular weight is 435 g/mol. The normalized spacial score (nSPS) is 43.9. The molecule has 31 heavy (non-hydrogen) atoms. The minimum atomic E-state index is -0.976. The highest BCUT2D eigenvalue weighted by Gasteiger charge is 2.62. The van der Waals surface area contributed by atoms with Gasteiger partial charge in [0.2, 0.25) is 0 Å². The van der Waals surface area contributed by atoms with Crippen LogP contribution in [0.3, 0.4) is 0 Å². The summed E-state index contributed by atoms with van der Waals surface area (Å²) in [5.74, 6) is 0.276. The minimum Gasteiger partial charge on any atom is -0.481 e. The van der Waals surface area contributed by atoms with Crippen LogP contribution in [-0.2, 0) is 23.8 Å². The van der Waals surface area contributed by atoms with Gasteiger partial charge in [-0.1, -0.05) is 25.5 Å². The molecule has 4 rings (SSSR count). The number of carboxylic acid groups (broad SMARTS) is 1. The first kappa shape index (κ1) is 22.8. The van der Waals surface area contributed by atoms with Crippen molar-refractivity contribution in [2.45, 2.75) is 89.9 Å². The van der Waals surface area contributed by atoms with E-state index >= 15 is 0 Å². The summed E-state index contributed by atoms with van der Waals surface area (Å²) in [5.41, 5.74) is 1.82. The highest BCUT2D eigenvalue weighted by Crippen LogP contribution is 2.65. The van der Waals surface area contributed by atoms with Crippen molar-refractivity contribution in [3.05, 3.63) is 11.6 Å². The van der Waals surface area contributed by atoms with E-state index in [4.69, 9.17) is 19.3 Å². The van der Waals surface area contributed by atoms with Crippen LogP contribution in [0.1, 0.15) is 71.6 Å². The number of carbonyl (C=O) groups excluding carboxylic acids is 1. The Morgan fingerprint density at radius 3 is 2.55 bits per heavy atom. The second kappa shape index (κ2) is 8.51. The number of esters is 1. The third-order valence-electron chi connectivity index (χ3n) is 9.38. The first-order valence-corrected chi connectivity index (χ1v) is 11.9. The van der Waals surface area contributed by atoms with Gasteiger partial charge in [-0.25, -0.2) is 0 Å². The Labute approximate surface area is 185 Å². The first-order valence-electron chi connectivity index (χ1n) is 11.9. The zero-order valence-corrected chi connectivity index (χ0v) is 19.4. The van der Waals surface area contributed by atoms with Crippen LogP contribution in [0, 0.1) is 28.6 Å². The molecular formula is C25H38O6. The number of ether oxygens (including phenoxy) is 3. The molecule has 0 aromatic heterocycles. The molecule has 0 aromatic carbocycles. The van der Waals surface area contributed by atoms with Crippen molar-refractivity contribution < 1.29 is 28.9 Å². The van der Waals surface area contributed by atoms with E-state index in [1.54, 1.807) is 12.7 Å². The molecule has 0 unspecified atom stereocenters. The predicted molar refractivity (Wildman–Crippen MR) is 115 cm³/mol. The SMILES string of the molecule is CO[C@H]1CC[C@@]2(C)C(=CC[C@H]3[C@@H]4C[C@H](OC(=O)CCC(=O)O)[C@H](OC)[C@@]4(C)CC[C@@H]32)C1. The molecule has 0 aromatic rings. The molecule has 174 valence electrons. The number of allylic oxidation sites excluding steroid dienone is 1. The summed E-state index contributed by atoms with van der Waals surface area (Å²) in [7, 11) is 3.54. The molecule has 0 radical (unpaired) electrons. The maximum absolute atomic E-state index is 12.3. The van der Waals surface area contributed by atoms with Crippen molar-refractivity contribution >= 4 is 11.9 Å². The van der Waals surface area contributed by atoms with Crippen molar-refractivity contribution in [3.8, 4) is 0 Å². The molecule has 6 nitrogen and oxygen atoms in total. The average Bonchev–Trinajstić information content (AvgIpc) is 3.02. The standard InChI is InChI=1S/C25H38O6/c1-24-11-9-16(29-3)13-15(24)5-6-17-18(24)10-12-25(2)19(17)14-20(23(25)30-4)31-22(28)8-7-21(26)27/h5,16-20,23H,6-14H2,1-4H3,(H,26,27)/t16-,17+,18-,19-,20-,23-,24-,25-/m0/s1. The third kappa shape index (κ3) is 3.84. The van der Waals surface area contributed by atoms with E-state index in [9.17, 15) is 9.59 Å². The molecule has 3 fully saturated rings. The van der Waals surface area contributed by atoms with Gasteiger partial charge in [0.25, 0.3) is 0 Å². The summed E-state index contributed by atoms with van der Waals surface area (Å²) < 4.78 is 17.4. The van der Waals surface area contributed by atoms with Gasteiger partial charge in [0, 0.05) is 19.6 Å². The fraction of sp³-hybridized carbons (Fsp3) is 0.840. The smallest absolute Gasteiger partial charge is 0.306 e. The molecule has 8 atom stereocenters. The number of fused-ring (bicyclic) bond motifs is 5. The van der Waals surface area contributed by atoms with Gasteiger partial charge in [-0.2, -0.15) is 0 Å². The first-order chi connectivity index (χ1) is 14.7. The van der Waals surface area contributed by atoms with E-state index in [-0.39, 0.29) is 35.9 Å². The zero-order valence-electron chi connectivity index (χ0n) is 19.4. The highest BCUT2D eigenvalue weighted by atomic mass is 16.6. The van der Waals surface area contributed by atoms with Crippen LogP contribution < -0.4 is 0 Å². The summed E-state index contributed by atoms with van der Waals surface area (Å²) in [6.45, 7) is 4.78. The zero-order chi connectivity index (χ0) is 22.4. The maximum atomic E-state index is 12.3. The van der Waals surface area contributed by atoms with Crippen LogP contribution in [0.4, 0.5) is 0 Å². The van der Waals surface area contributed by atoms with Crippen molar-refractivity contribution in [1.82, 2.24) is 0 Å². The Bertz CT molecular complexity index is 746. The molecule has 0 bridgehead atoms. The van der Waals surface area contributed by atoms with Crippen LogP contribution in [0.25, 0.3) is 0 Å². The summed E-state index contributed by atoms with van der Waals surface area (Å²) >= 11 is 0. The quantitative estimate of drug-likeness (QED) is 0.494. The predicted octanol–water partition coefficient (Wildman–Crippen LogP) is 4.37. The van der Waals surface area contributed by atoms with E-state index in [0.29, 0.717) is 23.9 Å². The van der Waals surface area contributed by atoms with Gasteiger partial charge in [0.15, 0.2) is 0 Å². The van der Waals surface area contributed by atoms with E-state index in [2.05, 4.69) is 19.9 Å². The van der Waals surface area contributed by atoms with Crippen LogP contribution in [0.15, 0.2) is 11.6 Å². The third-order valence-corrected chi connectivity index (χ3v) is 9.38. The lowest BCUT2D eigenvalue weighted by molar-refractivity contribution is -0.160. The Morgan fingerprint density at radius 2 is 1.87 bits per heavy atom. The maximum Gasteiger partial charge on any atom is 0.306 e. The lowest BCUT2D eigenvalue weighted by atomic mass is 9.48. The molecule has 0 heterocycles. The Balaban J connectivity index is 1.54. The van der Waals surface area contributed by atoms with Crippen molar-refractivity contribution in [2.75, 3.05) is 14.2 Å². The second-order valence-electron chi connectivity index (χ2n) is 10.7. The topological polar surface area (TPSA) is 82.1 Å². The van der Waals surface area contributed by atoms with Gasteiger partial charge >= 0.3 is 11.9 Å². The largest absolute Gasteiger partial charge is 0.481 e. The number of aliphatic carboxylic acids is 1. The molecule has 6 heteroatoms. The van der Waals surface area contributed by atoms with Gasteiger partial charge in [-0.15, -0.1) is 0 Å². The summed E-state index contributed by atoms with van der Waals surface area (Å²) in [6.07, 6.45) is 9.68. The Kier molecular flexibility index (Phi) is 6.25. The minimum absolute atomic E-state index is 0.0148. The number of rotatable bonds is 6. The van der Waals surface area contributed by atoms with E-state index in [1.165, 1.54) is 12.8 Å². The fourth-order valence-electron chi connectivity index (χ4n) is 7.74. The summed E-state index contributed by atoms with van der Waals surface area (Å²) in [5, 5.41) is 8.87. The molecule has 4 aliphatic carbocycles. The number of hydrogen-bond donors (Lipinski definition) is 1. The lowest BCUT2D eigenvalue weighted by Gasteiger charge is -2.57.